The highest BCUT2D eigenvalue weighted by molar-refractivity contribution is 6.03. The number of rotatable bonds is 5. The third kappa shape index (κ3) is 4.93. The maximum absolute atomic E-state index is 5.16. The van der Waals surface area contributed by atoms with E-state index in [-0.39, 0.29) is 0 Å². The minimum absolute atomic E-state index is 0.556. The highest BCUT2D eigenvalue weighted by atomic mass is 15.0. The summed E-state index contributed by atoms with van der Waals surface area (Å²) in [5.74, 6) is 1.69. The lowest BCUT2D eigenvalue weighted by Gasteiger charge is -2.13. The summed E-state index contributed by atoms with van der Waals surface area (Å²) in [7, 11) is 0. The van der Waals surface area contributed by atoms with Gasteiger partial charge < -0.3 is 0 Å². The van der Waals surface area contributed by atoms with Gasteiger partial charge in [0.2, 0.25) is 0 Å². The quantitative estimate of drug-likeness (QED) is 0.180. The van der Waals surface area contributed by atoms with Crippen LogP contribution in [0.2, 0.25) is 0 Å². The summed E-state index contributed by atoms with van der Waals surface area (Å²) in [6.45, 7) is 0. The van der Waals surface area contributed by atoms with E-state index in [9.17, 15) is 0 Å². The lowest BCUT2D eigenvalue weighted by molar-refractivity contribution is 1.07. The van der Waals surface area contributed by atoms with Gasteiger partial charge in [-0.1, -0.05) is 115 Å². The van der Waals surface area contributed by atoms with Gasteiger partial charge in [-0.3, -0.25) is 9.97 Å². The topological polar surface area (TPSA) is 77.3 Å². The highest BCUT2D eigenvalue weighted by Gasteiger charge is 2.18. The Hall–Kier alpha value is -6.66. The molecule has 48 heavy (non-hydrogen) atoms. The fourth-order valence-corrected chi connectivity index (χ4v) is 6.27. The standard InChI is InChI=1S/C42H26N6/c1-2-10-27(11-3-1)31-13-6-14-32(26-31)40-46-41(48-42(47-40)35-19-7-12-28-15-8-24-43-37(28)35)34-18-5-4-17-33(34)36-23-22-30-21-20-29-16-9-25-44-38(29)39(30)45-36/h1-26H. The van der Waals surface area contributed by atoms with Crippen LogP contribution >= 0.6 is 0 Å². The van der Waals surface area contributed by atoms with Crippen molar-refractivity contribution in [3.05, 3.63) is 158 Å². The van der Waals surface area contributed by atoms with Gasteiger partial charge in [0.25, 0.3) is 0 Å². The molecule has 6 nitrogen and oxygen atoms in total. The zero-order valence-electron chi connectivity index (χ0n) is 25.7. The summed E-state index contributed by atoms with van der Waals surface area (Å²) >= 11 is 0. The van der Waals surface area contributed by atoms with Crippen molar-refractivity contribution in [2.75, 3.05) is 0 Å². The van der Waals surface area contributed by atoms with Crippen molar-refractivity contribution in [2.24, 2.45) is 0 Å². The first kappa shape index (κ1) is 27.6. The third-order valence-corrected chi connectivity index (χ3v) is 8.61. The Balaban J connectivity index is 1.26. The number of aromatic nitrogens is 6. The molecule has 0 aliphatic carbocycles. The largest absolute Gasteiger partial charge is 0.255 e. The van der Waals surface area contributed by atoms with Crippen molar-refractivity contribution < 1.29 is 0 Å². The fraction of sp³-hybridized carbons (Fsp3) is 0. The molecule has 0 saturated heterocycles. The highest BCUT2D eigenvalue weighted by Crippen LogP contribution is 2.35. The molecule has 4 heterocycles. The van der Waals surface area contributed by atoms with E-state index in [0.29, 0.717) is 17.5 Å². The van der Waals surface area contributed by atoms with E-state index in [2.05, 4.69) is 77.8 Å². The molecular weight excluding hydrogens is 589 g/mol. The summed E-state index contributed by atoms with van der Waals surface area (Å²) in [5.41, 5.74) is 9.12. The number of hydrogen-bond acceptors (Lipinski definition) is 6. The van der Waals surface area contributed by atoms with Crippen molar-refractivity contribution in [3.63, 3.8) is 0 Å². The van der Waals surface area contributed by atoms with Crippen LogP contribution in [0.25, 0.3) is 89.3 Å². The number of hydrogen-bond donors (Lipinski definition) is 0. The van der Waals surface area contributed by atoms with Crippen molar-refractivity contribution in [1.82, 2.24) is 29.9 Å². The Morgan fingerprint density at radius 2 is 0.875 bits per heavy atom. The van der Waals surface area contributed by atoms with E-state index in [0.717, 1.165) is 71.8 Å². The molecule has 4 aromatic heterocycles. The van der Waals surface area contributed by atoms with Crippen LogP contribution in [0, 0.1) is 0 Å². The van der Waals surface area contributed by atoms with Gasteiger partial charge in [0.15, 0.2) is 17.5 Å². The zero-order chi connectivity index (χ0) is 31.9. The van der Waals surface area contributed by atoms with Crippen molar-refractivity contribution >= 4 is 32.7 Å². The number of benzene rings is 5. The van der Waals surface area contributed by atoms with Gasteiger partial charge in [-0.2, -0.15) is 0 Å². The van der Waals surface area contributed by atoms with Crippen LogP contribution in [0.15, 0.2) is 158 Å². The Morgan fingerprint density at radius 3 is 1.71 bits per heavy atom. The monoisotopic (exact) mass is 614 g/mol. The molecule has 0 aliphatic rings. The Morgan fingerprint density at radius 1 is 0.312 bits per heavy atom. The number of pyridine rings is 3. The van der Waals surface area contributed by atoms with Crippen LogP contribution in [0.3, 0.4) is 0 Å². The summed E-state index contributed by atoms with van der Waals surface area (Å²) in [6.07, 6.45) is 3.62. The minimum Gasteiger partial charge on any atom is -0.255 e. The van der Waals surface area contributed by atoms with Crippen LogP contribution in [-0.4, -0.2) is 29.9 Å². The molecule has 6 heteroatoms. The fourth-order valence-electron chi connectivity index (χ4n) is 6.27. The first-order chi connectivity index (χ1) is 23.8. The molecule has 0 radical (unpaired) electrons. The average molecular weight is 615 g/mol. The summed E-state index contributed by atoms with van der Waals surface area (Å²) < 4.78 is 0. The van der Waals surface area contributed by atoms with Crippen LogP contribution < -0.4 is 0 Å². The van der Waals surface area contributed by atoms with Gasteiger partial charge >= 0.3 is 0 Å². The molecule has 0 saturated carbocycles. The Labute approximate surface area is 276 Å². The molecule has 0 atom stereocenters. The van der Waals surface area contributed by atoms with E-state index in [1.807, 2.05) is 79.0 Å². The molecule has 0 spiro atoms. The molecule has 9 aromatic rings. The lowest BCUT2D eigenvalue weighted by Crippen LogP contribution is -2.02. The zero-order valence-corrected chi connectivity index (χ0v) is 25.7. The smallest absolute Gasteiger partial charge is 0.166 e. The average Bonchev–Trinajstić information content (AvgIpc) is 3.17. The third-order valence-electron chi connectivity index (χ3n) is 8.61. The molecule has 0 amide bonds. The van der Waals surface area contributed by atoms with Crippen molar-refractivity contribution in [2.45, 2.75) is 0 Å². The maximum atomic E-state index is 5.16. The maximum Gasteiger partial charge on any atom is 0.166 e. The number of fused-ring (bicyclic) bond motifs is 4. The van der Waals surface area contributed by atoms with Gasteiger partial charge in [-0.05, 0) is 41.5 Å². The summed E-state index contributed by atoms with van der Waals surface area (Å²) in [6, 6.07) is 49.2. The second-order valence-corrected chi connectivity index (χ2v) is 11.6. The first-order valence-corrected chi connectivity index (χ1v) is 15.8. The molecule has 0 bridgehead atoms. The van der Waals surface area contributed by atoms with Gasteiger partial charge in [-0.25, -0.2) is 19.9 Å². The summed E-state index contributed by atoms with van der Waals surface area (Å²) in [5, 5.41) is 3.11. The SMILES string of the molecule is c1ccc(-c2cccc(-c3nc(-c4ccccc4-c4ccc5ccc6cccnc6c5n4)nc(-c4cccc5cccnc45)n3)c2)cc1. The van der Waals surface area contributed by atoms with Crippen LogP contribution in [0.5, 0.6) is 0 Å². The Kier molecular flexibility index (Phi) is 6.68. The summed E-state index contributed by atoms with van der Waals surface area (Å²) in [4.78, 5) is 29.9. The molecule has 0 fully saturated rings. The predicted octanol–water partition coefficient (Wildman–Crippen LogP) is 9.85. The Bertz CT molecular complexity index is 2630. The van der Waals surface area contributed by atoms with Gasteiger partial charge in [0, 0.05) is 50.8 Å². The number of para-hydroxylation sites is 1. The van der Waals surface area contributed by atoms with Crippen LogP contribution in [0.1, 0.15) is 0 Å². The van der Waals surface area contributed by atoms with Gasteiger partial charge in [-0.15, -0.1) is 0 Å². The van der Waals surface area contributed by atoms with E-state index >= 15 is 0 Å². The van der Waals surface area contributed by atoms with Crippen molar-refractivity contribution in [3.8, 4) is 56.5 Å². The molecular formula is C42H26N6. The van der Waals surface area contributed by atoms with E-state index in [1.54, 1.807) is 6.20 Å². The molecule has 9 rings (SSSR count). The van der Waals surface area contributed by atoms with Gasteiger partial charge in [0.05, 0.1) is 22.2 Å². The van der Waals surface area contributed by atoms with Crippen LogP contribution in [-0.2, 0) is 0 Å². The second-order valence-electron chi connectivity index (χ2n) is 11.6. The minimum atomic E-state index is 0.556. The second kappa shape index (κ2) is 11.6. The van der Waals surface area contributed by atoms with E-state index in [4.69, 9.17) is 24.9 Å². The predicted molar refractivity (Wildman–Crippen MR) is 193 cm³/mol. The van der Waals surface area contributed by atoms with E-state index < -0.39 is 0 Å². The normalized spacial score (nSPS) is 11.3. The number of nitrogens with zero attached hydrogens (tertiary/aromatic N) is 6. The molecule has 224 valence electrons. The van der Waals surface area contributed by atoms with E-state index in [1.165, 1.54) is 0 Å². The van der Waals surface area contributed by atoms with Crippen molar-refractivity contribution in [1.29, 1.82) is 0 Å². The molecule has 0 unspecified atom stereocenters. The molecule has 5 aromatic carbocycles. The molecule has 0 aliphatic heterocycles. The van der Waals surface area contributed by atoms with Gasteiger partial charge in [0.1, 0.15) is 0 Å². The first-order valence-electron chi connectivity index (χ1n) is 15.8. The lowest BCUT2D eigenvalue weighted by atomic mass is 10.0. The molecule has 0 N–H and O–H groups in total. The van der Waals surface area contributed by atoms with Crippen LogP contribution in [0.4, 0.5) is 0 Å².